The van der Waals surface area contributed by atoms with Gasteiger partial charge in [0.1, 0.15) is 23.7 Å². The number of amides is 1. The van der Waals surface area contributed by atoms with Crippen LogP contribution in [0.15, 0.2) is 60.8 Å². The molecule has 0 bridgehead atoms. The molecule has 0 unspecified atom stereocenters. The zero-order valence-corrected chi connectivity index (χ0v) is 22.6. The quantitative estimate of drug-likeness (QED) is 0.229. The predicted octanol–water partition coefficient (Wildman–Crippen LogP) is 5.86. The second-order valence-corrected chi connectivity index (χ2v) is 9.24. The highest BCUT2D eigenvalue weighted by molar-refractivity contribution is 6.39. The molecule has 5 N–H and O–H groups in total. The summed E-state index contributed by atoms with van der Waals surface area (Å²) in [6.45, 7) is 0.621. The first-order valence-electron chi connectivity index (χ1n) is 11.4. The van der Waals surface area contributed by atoms with Crippen molar-refractivity contribution in [1.29, 1.82) is 0 Å². The van der Waals surface area contributed by atoms with Crippen molar-refractivity contribution >= 4 is 46.4 Å². The number of benzene rings is 2. The van der Waals surface area contributed by atoms with Gasteiger partial charge in [0, 0.05) is 36.0 Å². The summed E-state index contributed by atoms with van der Waals surface area (Å²) >= 11 is 19.8. The summed E-state index contributed by atoms with van der Waals surface area (Å²) in [6, 6.07) is 15.6. The van der Waals surface area contributed by atoms with E-state index in [9.17, 15) is 4.79 Å². The van der Waals surface area contributed by atoms with Crippen LogP contribution in [0.3, 0.4) is 0 Å². The first kappa shape index (κ1) is 27.6. The molecule has 0 aliphatic carbocycles. The monoisotopic (exact) mass is 571 g/mol. The summed E-state index contributed by atoms with van der Waals surface area (Å²) in [5, 5.41) is 3.84. The molecule has 11 heteroatoms. The summed E-state index contributed by atoms with van der Waals surface area (Å²) in [6.07, 6.45) is 1.56. The number of nitrogens with two attached hydrogens (primary N) is 2. The van der Waals surface area contributed by atoms with Crippen LogP contribution in [0.5, 0.6) is 11.6 Å². The fraction of sp³-hybridized carbons (Fsp3) is 0.148. The largest absolute Gasteiger partial charge is 0.486 e. The minimum Gasteiger partial charge on any atom is -0.486 e. The van der Waals surface area contributed by atoms with Crippen LogP contribution < -0.4 is 26.3 Å². The lowest BCUT2D eigenvalue weighted by molar-refractivity contribution is 0.102. The number of methoxy groups -OCH3 is 1. The third kappa shape index (κ3) is 6.01. The molecule has 38 heavy (non-hydrogen) atoms. The molecule has 0 aliphatic rings. The van der Waals surface area contributed by atoms with Gasteiger partial charge in [0.25, 0.3) is 5.91 Å². The van der Waals surface area contributed by atoms with Crippen molar-refractivity contribution in [2.24, 2.45) is 11.5 Å². The van der Waals surface area contributed by atoms with Gasteiger partial charge in [-0.3, -0.25) is 9.78 Å². The van der Waals surface area contributed by atoms with E-state index in [-0.39, 0.29) is 18.8 Å². The maximum absolute atomic E-state index is 12.7. The maximum Gasteiger partial charge on any atom is 0.274 e. The fourth-order valence-electron chi connectivity index (χ4n) is 3.65. The molecule has 1 amide bonds. The number of rotatable bonds is 9. The van der Waals surface area contributed by atoms with Crippen LogP contribution >= 0.6 is 34.8 Å². The molecule has 4 aromatic rings. The Balaban J connectivity index is 1.57. The van der Waals surface area contributed by atoms with E-state index in [1.807, 2.05) is 0 Å². The molecule has 2 heterocycles. The predicted molar refractivity (Wildman–Crippen MR) is 150 cm³/mol. The van der Waals surface area contributed by atoms with Crippen LogP contribution in [0.2, 0.25) is 15.1 Å². The number of hydrogen-bond acceptors (Lipinski definition) is 7. The number of carbonyl (C=O) groups is 1. The molecule has 0 saturated heterocycles. The molecular weight excluding hydrogens is 549 g/mol. The highest BCUT2D eigenvalue weighted by atomic mass is 35.5. The van der Waals surface area contributed by atoms with E-state index >= 15 is 0 Å². The molecule has 0 atom stereocenters. The van der Waals surface area contributed by atoms with Crippen molar-refractivity contribution in [3.8, 4) is 22.8 Å². The summed E-state index contributed by atoms with van der Waals surface area (Å²) in [5.41, 5.74) is 15.2. The van der Waals surface area contributed by atoms with Gasteiger partial charge in [0.2, 0.25) is 5.88 Å². The summed E-state index contributed by atoms with van der Waals surface area (Å²) in [7, 11) is 1.51. The van der Waals surface area contributed by atoms with Crippen molar-refractivity contribution in [2.45, 2.75) is 19.7 Å². The van der Waals surface area contributed by atoms with Gasteiger partial charge >= 0.3 is 0 Å². The Hall–Kier alpha value is -3.40. The standard InChI is InChI=1S/C27H24Cl3N5O3/c1-37-27-16(12-32)10-19(28)22(35-27)14-38-23-7-3-5-18(25(23)30)17-4-2-6-20(24(17)29)34-26(36)21-9-8-15(11-31)13-33-21/h2-10,13H,11-12,14,31-32H2,1H3,(H,34,36). The highest BCUT2D eigenvalue weighted by Crippen LogP contribution is 2.41. The summed E-state index contributed by atoms with van der Waals surface area (Å²) < 4.78 is 11.2. The van der Waals surface area contributed by atoms with Gasteiger partial charge in [0.15, 0.2) is 0 Å². The van der Waals surface area contributed by atoms with E-state index in [1.54, 1.807) is 60.8 Å². The van der Waals surface area contributed by atoms with Crippen LogP contribution in [-0.2, 0) is 19.7 Å². The average Bonchev–Trinajstić information content (AvgIpc) is 2.94. The van der Waals surface area contributed by atoms with E-state index in [1.165, 1.54) is 7.11 Å². The Labute approximate surface area is 234 Å². The molecule has 196 valence electrons. The van der Waals surface area contributed by atoms with E-state index in [0.717, 1.165) is 5.56 Å². The number of nitrogens with one attached hydrogen (secondary N) is 1. The fourth-order valence-corrected chi connectivity index (χ4v) is 4.43. The molecule has 0 aliphatic heterocycles. The van der Waals surface area contributed by atoms with Crippen molar-refractivity contribution in [2.75, 3.05) is 12.4 Å². The summed E-state index contributed by atoms with van der Waals surface area (Å²) in [4.78, 5) is 21.3. The van der Waals surface area contributed by atoms with Crippen molar-refractivity contribution in [3.05, 3.63) is 98.4 Å². The lowest BCUT2D eigenvalue weighted by atomic mass is 10.0. The van der Waals surface area contributed by atoms with E-state index in [4.69, 9.17) is 55.7 Å². The SMILES string of the molecule is COc1nc(COc2cccc(-c3cccc(NC(=O)c4ccc(CN)cn4)c3Cl)c2Cl)c(Cl)cc1CN. The first-order chi connectivity index (χ1) is 18.4. The third-order valence-corrected chi connectivity index (χ3v) is 6.78. The zero-order valence-electron chi connectivity index (χ0n) is 20.3. The minimum absolute atomic E-state index is 0.0446. The Morgan fingerprint density at radius 2 is 1.71 bits per heavy atom. The number of anilines is 1. The van der Waals surface area contributed by atoms with E-state index in [0.29, 0.717) is 61.3 Å². The van der Waals surface area contributed by atoms with Crippen LogP contribution in [0, 0.1) is 0 Å². The Kier molecular flexibility index (Phi) is 9.04. The number of carbonyl (C=O) groups excluding carboxylic acids is 1. The molecule has 0 radical (unpaired) electrons. The lowest BCUT2D eigenvalue weighted by Crippen LogP contribution is -2.14. The topological polar surface area (TPSA) is 125 Å². The van der Waals surface area contributed by atoms with Gasteiger partial charge in [-0.15, -0.1) is 0 Å². The number of hydrogen-bond donors (Lipinski definition) is 3. The summed E-state index contributed by atoms with van der Waals surface area (Å²) in [5.74, 6) is 0.376. The molecule has 8 nitrogen and oxygen atoms in total. The Morgan fingerprint density at radius 1 is 0.974 bits per heavy atom. The molecule has 0 saturated carbocycles. The van der Waals surface area contributed by atoms with Crippen LogP contribution in [0.4, 0.5) is 5.69 Å². The van der Waals surface area contributed by atoms with Gasteiger partial charge in [-0.2, -0.15) is 0 Å². The van der Waals surface area contributed by atoms with E-state index in [2.05, 4.69) is 15.3 Å². The smallest absolute Gasteiger partial charge is 0.274 e. The minimum atomic E-state index is -0.406. The van der Waals surface area contributed by atoms with Gasteiger partial charge in [-0.25, -0.2) is 4.98 Å². The molecule has 4 rings (SSSR count). The molecule has 2 aromatic heterocycles. The van der Waals surface area contributed by atoms with Gasteiger partial charge < -0.3 is 26.3 Å². The Morgan fingerprint density at radius 3 is 2.37 bits per heavy atom. The first-order valence-corrected chi connectivity index (χ1v) is 12.6. The maximum atomic E-state index is 12.7. The van der Waals surface area contributed by atoms with Crippen molar-refractivity contribution < 1.29 is 14.3 Å². The molecular formula is C27H24Cl3N5O3. The third-order valence-electron chi connectivity index (χ3n) is 5.66. The Bertz CT molecular complexity index is 1470. The molecule has 0 spiro atoms. The van der Waals surface area contributed by atoms with Gasteiger partial charge in [0.05, 0.1) is 27.9 Å². The number of pyridine rings is 2. The highest BCUT2D eigenvalue weighted by Gasteiger charge is 2.17. The second-order valence-electron chi connectivity index (χ2n) is 8.07. The van der Waals surface area contributed by atoms with Crippen LogP contribution in [0.1, 0.15) is 27.3 Å². The zero-order chi connectivity index (χ0) is 27.2. The number of aromatic nitrogens is 2. The number of nitrogens with zero attached hydrogens (tertiary/aromatic N) is 2. The molecule has 0 fully saturated rings. The van der Waals surface area contributed by atoms with Crippen molar-refractivity contribution in [1.82, 2.24) is 9.97 Å². The van der Waals surface area contributed by atoms with Gasteiger partial charge in [-0.1, -0.05) is 65.1 Å². The van der Waals surface area contributed by atoms with E-state index < -0.39 is 5.91 Å². The normalized spacial score (nSPS) is 10.8. The van der Waals surface area contributed by atoms with Crippen molar-refractivity contribution in [3.63, 3.8) is 0 Å². The molecule has 2 aromatic carbocycles. The van der Waals surface area contributed by atoms with Crippen LogP contribution in [-0.4, -0.2) is 23.0 Å². The average molecular weight is 573 g/mol. The number of ether oxygens (including phenoxy) is 2. The van der Waals surface area contributed by atoms with Crippen LogP contribution in [0.25, 0.3) is 11.1 Å². The second kappa shape index (κ2) is 12.4. The van der Waals surface area contributed by atoms with Gasteiger partial charge in [-0.05, 0) is 29.8 Å². The number of halogens is 3. The lowest BCUT2D eigenvalue weighted by Gasteiger charge is -2.15.